The maximum atomic E-state index is 12.4. The Kier molecular flexibility index (Phi) is 5.30. The van der Waals surface area contributed by atoms with Crippen LogP contribution in [0.5, 0.6) is 0 Å². The van der Waals surface area contributed by atoms with Crippen molar-refractivity contribution in [3.05, 3.63) is 23.7 Å². The van der Waals surface area contributed by atoms with Crippen molar-refractivity contribution in [1.82, 2.24) is 0 Å². The third kappa shape index (κ3) is 4.56. The third-order valence-electron chi connectivity index (χ3n) is 0.939. The summed E-state index contributed by atoms with van der Waals surface area (Å²) in [5, 5.41) is 9.28. The van der Waals surface area contributed by atoms with Crippen molar-refractivity contribution in [3.8, 4) is 0 Å². The number of allylic oxidation sites excluding steroid dienone is 4. The lowest BCUT2D eigenvalue weighted by atomic mass is 10.3. The van der Waals surface area contributed by atoms with Crippen LogP contribution in [0.1, 0.15) is 13.3 Å². The first-order valence-electron chi connectivity index (χ1n) is 3.01. The second-order valence-electron chi connectivity index (χ2n) is 1.73. The lowest BCUT2D eigenvalue weighted by Crippen LogP contribution is -1.77. The lowest BCUT2D eigenvalue weighted by Gasteiger charge is -1.90. The molecule has 0 unspecified atom stereocenters. The van der Waals surface area contributed by atoms with Gasteiger partial charge in [-0.2, -0.15) is 0 Å². The van der Waals surface area contributed by atoms with E-state index in [1.54, 1.807) is 6.92 Å². The van der Waals surface area contributed by atoms with Crippen LogP contribution in [0.2, 0.25) is 0 Å². The molecule has 0 aromatic rings. The van der Waals surface area contributed by atoms with Crippen LogP contribution >= 0.6 is 15.9 Å². The van der Waals surface area contributed by atoms with Crippen molar-refractivity contribution < 1.29 is 9.50 Å². The molecule has 0 fully saturated rings. The minimum atomic E-state index is -0.406. The van der Waals surface area contributed by atoms with E-state index >= 15 is 0 Å². The van der Waals surface area contributed by atoms with Crippen molar-refractivity contribution in [2.45, 2.75) is 13.3 Å². The SMILES string of the molecule is CC/C(O)=C\C(F)=C/CBr. The van der Waals surface area contributed by atoms with Crippen molar-refractivity contribution in [2.75, 3.05) is 5.33 Å². The van der Waals surface area contributed by atoms with Gasteiger partial charge in [-0.1, -0.05) is 22.9 Å². The molecule has 0 aromatic carbocycles. The van der Waals surface area contributed by atoms with Gasteiger partial charge < -0.3 is 5.11 Å². The number of rotatable bonds is 3. The minimum absolute atomic E-state index is 0.0645. The molecule has 0 atom stereocenters. The highest BCUT2D eigenvalue weighted by Crippen LogP contribution is 2.04. The van der Waals surface area contributed by atoms with Gasteiger partial charge in [0.25, 0.3) is 0 Å². The van der Waals surface area contributed by atoms with Gasteiger partial charge in [-0.15, -0.1) is 0 Å². The van der Waals surface area contributed by atoms with Gasteiger partial charge in [-0.3, -0.25) is 0 Å². The molecule has 0 rings (SSSR count). The zero-order valence-electron chi connectivity index (χ0n) is 5.77. The summed E-state index contributed by atoms with van der Waals surface area (Å²) >= 11 is 3.03. The van der Waals surface area contributed by atoms with Crippen LogP contribution < -0.4 is 0 Å². The normalized spacial score (nSPS) is 13.9. The highest BCUT2D eigenvalue weighted by atomic mass is 79.9. The summed E-state index contributed by atoms with van der Waals surface area (Å²) in [5.41, 5.74) is 0. The zero-order chi connectivity index (χ0) is 7.98. The molecule has 0 saturated carbocycles. The summed E-state index contributed by atoms with van der Waals surface area (Å²) in [6.45, 7) is 1.76. The number of aliphatic hydroxyl groups excluding tert-OH is 1. The van der Waals surface area contributed by atoms with Crippen LogP contribution in [0.3, 0.4) is 0 Å². The average Bonchev–Trinajstić information content (AvgIpc) is 1.88. The first-order chi connectivity index (χ1) is 4.70. The van der Waals surface area contributed by atoms with Crippen LogP contribution in [-0.4, -0.2) is 10.4 Å². The molecule has 0 amide bonds. The average molecular weight is 209 g/mol. The smallest absolute Gasteiger partial charge is 0.123 e. The van der Waals surface area contributed by atoms with E-state index in [0.29, 0.717) is 11.8 Å². The predicted molar refractivity (Wildman–Crippen MR) is 44.0 cm³/mol. The Hall–Kier alpha value is -0.310. The molecule has 58 valence electrons. The molecule has 0 bridgehead atoms. The van der Waals surface area contributed by atoms with Crippen LogP contribution in [0.15, 0.2) is 23.7 Å². The molecule has 0 aliphatic carbocycles. The van der Waals surface area contributed by atoms with E-state index in [0.717, 1.165) is 6.08 Å². The first-order valence-corrected chi connectivity index (χ1v) is 4.14. The monoisotopic (exact) mass is 208 g/mol. The molecule has 0 spiro atoms. The Morgan fingerprint density at radius 2 is 2.30 bits per heavy atom. The van der Waals surface area contributed by atoms with E-state index < -0.39 is 5.83 Å². The maximum Gasteiger partial charge on any atom is 0.123 e. The fourth-order valence-electron chi connectivity index (χ4n) is 0.394. The molecule has 0 saturated heterocycles. The van der Waals surface area contributed by atoms with Crippen molar-refractivity contribution in [1.29, 1.82) is 0 Å². The number of aliphatic hydroxyl groups is 1. The van der Waals surface area contributed by atoms with Gasteiger partial charge in [-0.25, -0.2) is 4.39 Å². The van der Waals surface area contributed by atoms with Crippen LogP contribution in [0, 0.1) is 0 Å². The molecule has 0 aliphatic rings. The zero-order valence-corrected chi connectivity index (χ0v) is 7.36. The Morgan fingerprint density at radius 3 is 2.70 bits per heavy atom. The second-order valence-corrected chi connectivity index (χ2v) is 2.38. The molecule has 0 aromatic heterocycles. The predicted octanol–water partition coefficient (Wildman–Crippen LogP) is 3.09. The summed E-state index contributed by atoms with van der Waals surface area (Å²) in [4.78, 5) is 0. The standard InChI is InChI=1S/C7H10BrFO/c1-2-7(10)5-6(9)3-4-8/h3,5,10H,2,4H2,1H3/b6-3+,7-5+. The van der Waals surface area contributed by atoms with Gasteiger partial charge in [-0.05, 0) is 6.08 Å². The minimum Gasteiger partial charge on any atom is -0.512 e. The lowest BCUT2D eigenvalue weighted by molar-refractivity contribution is 0.391. The van der Waals surface area contributed by atoms with Crippen molar-refractivity contribution in [3.63, 3.8) is 0 Å². The van der Waals surface area contributed by atoms with Gasteiger partial charge >= 0.3 is 0 Å². The highest BCUT2D eigenvalue weighted by molar-refractivity contribution is 9.09. The van der Waals surface area contributed by atoms with E-state index in [4.69, 9.17) is 5.11 Å². The fraction of sp³-hybridized carbons (Fsp3) is 0.429. The van der Waals surface area contributed by atoms with Crippen LogP contribution in [-0.2, 0) is 0 Å². The van der Waals surface area contributed by atoms with E-state index in [-0.39, 0.29) is 5.76 Å². The van der Waals surface area contributed by atoms with Crippen LogP contribution in [0.25, 0.3) is 0 Å². The van der Waals surface area contributed by atoms with E-state index in [1.165, 1.54) is 6.08 Å². The second kappa shape index (κ2) is 5.47. The Bertz CT molecular complexity index is 152. The number of hydrogen-bond acceptors (Lipinski definition) is 1. The number of halogens is 2. The Balaban J connectivity index is 3.98. The molecule has 1 nitrogen and oxygen atoms in total. The summed E-state index contributed by atoms with van der Waals surface area (Å²) in [5.74, 6) is -0.342. The van der Waals surface area contributed by atoms with Gasteiger partial charge in [0.1, 0.15) is 5.83 Å². The van der Waals surface area contributed by atoms with Gasteiger partial charge in [0, 0.05) is 17.8 Å². The number of hydrogen-bond donors (Lipinski definition) is 1. The molecule has 0 radical (unpaired) electrons. The van der Waals surface area contributed by atoms with Gasteiger partial charge in [0.2, 0.25) is 0 Å². The fourth-order valence-corrected chi connectivity index (χ4v) is 0.703. The van der Waals surface area contributed by atoms with Crippen molar-refractivity contribution in [2.24, 2.45) is 0 Å². The molecule has 3 heteroatoms. The van der Waals surface area contributed by atoms with Gasteiger partial charge in [0.15, 0.2) is 0 Å². The topological polar surface area (TPSA) is 20.2 Å². The van der Waals surface area contributed by atoms with Gasteiger partial charge in [0.05, 0.1) is 5.76 Å². The largest absolute Gasteiger partial charge is 0.512 e. The van der Waals surface area contributed by atoms with E-state index in [1.807, 2.05) is 0 Å². The highest BCUT2D eigenvalue weighted by Gasteiger charge is 1.90. The first kappa shape index (κ1) is 9.69. The van der Waals surface area contributed by atoms with Crippen molar-refractivity contribution >= 4 is 15.9 Å². The molecular formula is C7H10BrFO. The third-order valence-corrected chi connectivity index (χ3v) is 1.26. The molecule has 1 N–H and O–H groups in total. The van der Waals surface area contributed by atoms with Crippen LogP contribution in [0.4, 0.5) is 4.39 Å². The molecular weight excluding hydrogens is 199 g/mol. The Morgan fingerprint density at radius 1 is 1.70 bits per heavy atom. The molecule has 10 heavy (non-hydrogen) atoms. The summed E-state index contributed by atoms with van der Waals surface area (Å²) in [6, 6.07) is 0. The molecule has 0 aliphatic heterocycles. The summed E-state index contributed by atoms with van der Waals surface area (Å²) in [7, 11) is 0. The van der Waals surface area contributed by atoms with E-state index in [2.05, 4.69) is 15.9 Å². The summed E-state index contributed by atoms with van der Waals surface area (Å²) in [6.07, 6.45) is 2.91. The summed E-state index contributed by atoms with van der Waals surface area (Å²) < 4.78 is 12.4. The van der Waals surface area contributed by atoms with E-state index in [9.17, 15) is 4.39 Å². The molecule has 0 heterocycles. The maximum absolute atomic E-state index is 12.4. The Labute approximate surface area is 68.4 Å². The number of alkyl halides is 1. The quantitative estimate of drug-likeness (QED) is 0.430.